The van der Waals surface area contributed by atoms with Crippen LogP contribution in [-0.2, 0) is 0 Å². The first-order valence-electron chi connectivity index (χ1n) is 6.00. The molecule has 0 radical (unpaired) electrons. The van der Waals surface area contributed by atoms with Crippen molar-refractivity contribution in [2.24, 2.45) is 0 Å². The van der Waals surface area contributed by atoms with E-state index in [2.05, 4.69) is 5.32 Å². The van der Waals surface area contributed by atoms with Crippen LogP contribution in [0.1, 0.15) is 17.2 Å². The van der Waals surface area contributed by atoms with Gasteiger partial charge in [0, 0.05) is 6.54 Å². The summed E-state index contributed by atoms with van der Waals surface area (Å²) >= 11 is 0. The zero-order valence-electron chi connectivity index (χ0n) is 10.4. The summed E-state index contributed by atoms with van der Waals surface area (Å²) in [6.45, 7) is 2.44. The predicted octanol–water partition coefficient (Wildman–Crippen LogP) is 2.72. The van der Waals surface area contributed by atoms with E-state index < -0.39 is 6.10 Å². The van der Waals surface area contributed by atoms with Crippen molar-refractivity contribution >= 4 is 11.4 Å². The van der Waals surface area contributed by atoms with Crippen LogP contribution in [-0.4, -0.2) is 11.7 Å². The topological polar surface area (TPSA) is 58.3 Å². The van der Waals surface area contributed by atoms with E-state index in [1.54, 1.807) is 0 Å². The number of nitrogens with one attached hydrogen (secondary N) is 1. The number of rotatable bonds is 4. The average Bonchev–Trinajstić information content (AvgIpc) is 2.38. The van der Waals surface area contributed by atoms with E-state index >= 15 is 0 Å². The Morgan fingerprint density at radius 3 is 2.56 bits per heavy atom. The van der Waals surface area contributed by atoms with Crippen LogP contribution in [0.25, 0.3) is 0 Å². The van der Waals surface area contributed by atoms with Crippen LogP contribution < -0.4 is 11.1 Å². The van der Waals surface area contributed by atoms with E-state index in [9.17, 15) is 5.11 Å². The molecule has 0 saturated heterocycles. The zero-order valence-corrected chi connectivity index (χ0v) is 10.4. The second kappa shape index (κ2) is 5.56. The lowest BCUT2D eigenvalue weighted by molar-refractivity contribution is 0.191. The molecule has 3 heteroatoms. The molecule has 94 valence electrons. The summed E-state index contributed by atoms with van der Waals surface area (Å²) in [6.07, 6.45) is -0.535. The SMILES string of the molecule is Cc1ccc(NCC(O)c2ccccc2)c(N)c1. The van der Waals surface area contributed by atoms with E-state index in [-0.39, 0.29) is 0 Å². The minimum Gasteiger partial charge on any atom is -0.397 e. The van der Waals surface area contributed by atoms with Crippen molar-refractivity contribution < 1.29 is 5.11 Å². The van der Waals surface area contributed by atoms with Gasteiger partial charge in [-0.1, -0.05) is 36.4 Å². The molecule has 1 unspecified atom stereocenters. The third-order valence-electron chi connectivity index (χ3n) is 2.88. The number of aliphatic hydroxyl groups excluding tert-OH is 1. The lowest BCUT2D eigenvalue weighted by Crippen LogP contribution is -2.13. The van der Waals surface area contributed by atoms with Crippen molar-refractivity contribution in [3.63, 3.8) is 0 Å². The highest BCUT2D eigenvalue weighted by atomic mass is 16.3. The first kappa shape index (κ1) is 12.5. The van der Waals surface area contributed by atoms with Crippen LogP contribution in [0.2, 0.25) is 0 Å². The van der Waals surface area contributed by atoms with Gasteiger partial charge in [-0.15, -0.1) is 0 Å². The zero-order chi connectivity index (χ0) is 13.0. The molecule has 0 aliphatic heterocycles. The monoisotopic (exact) mass is 242 g/mol. The Hall–Kier alpha value is -2.00. The highest BCUT2D eigenvalue weighted by Gasteiger charge is 2.07. The highest BCUT2D eigenvalue weighted by molar-refractivity contribution is 5.66. The van der Waals surface area contributed by atoms with E-state index in [0.717, 1.165) is 16.8 Å². The molecule has 0 aliphatic rings. The van der Waals surface area contributed by atoms with Crippen molar-refractivity contribution in [3.8, 4) is 0 Å². The number of anilines is 2. The summed E-state index contributed by atoms with van der Waals surface area (Å²) in [4.78, 5) is 0. The summed E-state index contributed by atoms with van der Waals surface area (Å²) < 4.78 is 0. The van der Waals surface area contributed by atoms with Crippen molar-refractivity contribution in [3.05, 3.63) is 59.7 Å². The summed E-state index contributed by atoms with van der Waals surface area (Å²) in [5.74, 6) is 0. The first-order chi connectivity index (χ1) is 8.66. The van der Waals surface area contributed by atoms with Gasteiger partial charge in [-0.05, 0) is 30.2 Å². The Morgan fingerprint density at radius 2 is 1.89 bits per heavy atom. The molecule has 0 saturated carbocycles. The number of hydrogen-bond acceptors (Lipinski definition) is 3. The highest BCUT2D eigenvalue weighted by Crippen LogP contribution is 2.21. The van der Waals surface area contributed by atoms with Gasteiger partial charge in [0.15, 0.2) is 0 Å². The van der Waals surface area contributed by atoms with E-state index in [1.807, 2.05) is 55.5 Å². The van der Waals surface area contributed by atoms with Crippen LogP contribution in [0, 0.1) is 6.92 Å². The van der Waals surface area contributed by atoms with Gasteiger partial charge >= 0.3 is 0 Å². The maximum atomic E-state index is 10.0. The second-order valence-corrected chi connectivity index (χ2v) is 4.40. The van der Waals surface area contributed by atoms with Gasteiger partial charge in [0.1, 0.15) is 0 Å². The van der Waals surface area contributed by atoms with Gasteiger partial charge in [-0.3, -0.25) is 0 Å². The number of hydrogen-bond donors (Lipinski definition) is 3. The summed E-state index contributed by atoms with van der Waals surface area (Å²) in [5.41, 5.74) is 9.49. The molecular weight excluding hydrogens is 224 g/mol. The Labute approximate surface area is 107 Å². The summed E-state index contributed by atoms with van der Waals surface area (Å²) in [5, 5.41) is 13.2. The fourth-order valence-corrected chi connectivity index (χ4v) is 1.84. The summed E-state index contributed by atoms with van der Waals surface area (Å²) in [6, 6.07) is 15.4. The smallest absolute Gasteiger partial charge is 0.0962 e. The number of nitrogen functional groups attached to an aromatic ring is 1. The molecule has 3 nitrogen and oxygen atoms in total. The molecule has 0 heterocycles. The van der Waals surface area contributed by atoms with Gasteiger partial charge in [-0.2, -0.15) is 0 Å². The molecule has 0 fully saturated rings. The molecule has 18 heavy (non-hydrogen) atoms. The van der Waals surface area contributed by atoms with Crippen LogP contribution in [0.5, 0.6) is 0 Å². The Morgan fingerprint density at radius 1 is 1.17 bits per heavy atom. The molecule has 2 aromatic rings. The third kappa shape index (κ3) is 3.02. The quantitative estimate of drug-likeness (QED) is 0.722. The van der Waals surface area contributed by atoms with Crippen LogP contribution in [0.3, 0.4) is 0 Å². The minimum absolute atomic E-state index is 0.442. The molecule has 0 aromatic heterocycles. The number of aliphatic hydroxyl groups is 1. The Bertz CT molecular complexity index is 511. The maximum Gasteiger partial charge on any atom is 0.0962 e. The van der Waals surface area contributed by atoms with Gasteiger partial charge in [0.25, 0.3) is 0 Å². The van der Waals surface area contributed by atoms with Crippen LogP contribution in [0.4, 0.5) is 11.4 Å². The average molecular weight is 242 g/mol. The van der Waals surface area contributed by atoms with Crippen molar-refractivity contribution in [1.82, 2.24) is 0 Å². The van der Waals surface area contributed by atoms with Crippen molar-refractivity contribution in [2.45, 2.75) is 13.0 Å². The molecule has 1 atom stereocenters. The van der Waals surface area contributed by atoms with Gasteiger partial charge < -0.3 is 16.2 Å². The minimum atomic E-state index is -0.535. The van der Waals surface area contributed by atoms with Crippen molar-refractivity contribution in [1.29, 1.82) is 0 Å². The predicted molar refractivity (Wildman–Crippen MR) is 75.5 cm³/mol. The van der Waals surface area contributed by atoms with E-state index in [0.29, 0.717) is 12.2 Å². The standard InChI is InChI=1S/C15H18N2O/c1-11-7-8-14(13(16)9-11)17-10-15(18)12-5-3-2-4-6-12/h2-9,15,17-18H,10,16H2,1H3. The maximum absolute atomic E-state index is 10.0. The molecule has 2 rings (SSSR count). The Kier molecular flexibility index (Phi) is 3.85. The number of aryl methyl sites for hydroxylation is 1. The van der Waals surface area contributed by atoms with Crippen molar-refractivity contribution in [2.75, 3.05) is 17.6 Å². The molecule has 2 aromatic carbocycles. The molecule has 0 bridgehead atoms. The third-order valence-corrected chi connectivity index (χ3v) is 2.88. The Balaban J connectivity index is 1.99. The van der Waals surface area contributed by atoms with Gasteiger partial charge in [0.05, 0.1) is 17.5 Å². The lowest BCUT2D eigenvalue weighted by Gasteiger charge is -2.14. The fraction of sp³-hybridized carbons (Fsp3) is 0.200. The van der Waals surface area contributed by atoms with Crippen LogP contribution >= 0.6 is 0 Å². The fourth-order valence-electron chi connectivity index (χ4n) is 1.84. The van der Waals surface area contributed by atoms with Crippen LogP contribution in [0.15, 0.2) is 48.5 Å². The number of nitrogens with two attached hydrogens (primary N) is 1. The molecular formula is C15H18N2O. The molecule has 0 aliphatic carbocycles. The van der Waals surface area contributed by atoms with E-state index in [1.165, 1.54) is 0 Å². The lowest BCUT2D eigenvalue weighted by atomic mass is 10.1. The van der Waals surface area contributed by atoms with Gasteiger partial charge in [-0.25, -0.2) is 0 Å². The van der Waals surface area contributed by atoms with E-state index in [4.69, 9.17) is 5.73 Å². The molecule has 0 amide bonds. The van der Waals surface area contributed by atoms with Gasteiger partial charge in [0.2, 0.25) is 0 Å². The number of benzene rings is 2. The first-order valence-corrected chi connectivity index (χ1v) is 6.00. The molecule has 0 spiro atoms. The second-order valence-electron chi connectivity index (χ2n) is 4.40. The summed E-state index contributed by atoms with van der Waals surface area (Å²) in [7, 11) is 0. The molecule has 4 N–H and O–H groups in total. The normalized spacial score (nSPS) is 12.1. The largest absolute Gasteiger partial charge is 0.397 e.